The molecule has 3 rings (SSSR count). The van der Waals surface area contributed by atoms with Crippen LogP contribution in [0.2, 0.25) is 0 Å². The molecule has 1 amide bonds. The quantitative estimate of drug-likeness (QED) is 0.821. The number of carbonyl (C=O) groups is 1. The highest BCUT2D eigenvalue weighted by molar-refractivity contribution is 7.09. The average molecular weight is 361 g/mol. The number of amides is 1. The molecule has 2 aromatic rings. The number of aryl methyl sites for hydroxylation is 1. The highest BCUT2D eigenvalue weighted by Gasteiger charge is 2.29. The fourth-order valence-electron chi connectivity index (χ4n) is 2.70. The zero-order valence-corrected chi connectivity index (χ0v) is 15.1. The predicted octanol–water partition coefficient (Wildman–Crippen LogP) is 2.59. The van der Waals surface area contributed by atoms with Gasteiger partial charge in [0.05, 0.1) is 30.0 Å². The Balaban J connectivity index is 1.57. The topological polar surface area (TPSA) is 73.3 Å². The molecular weight excluding hydrogens is 338 g/mol. The second-order valence-electron chi connectivity index (χ2n) is 5.99. The standard InChI is InChI=1S/C18H23N3O3S/c1-2-5-17-20-15(12-25-17)18(22)21-14-7-9-23-11-16(14)24-10-13-6-3-4-8-19-13/h3-4,6,8,12,14,16H,2,5,7,9-11H2,1H3,(H,21,22)/t14-,16-/m1/s1. The molecule has 0 radical (unpaired) electrons. The van der Waals surface area contributed by atoms with Crippen LogP contribution in [0, 0.1) is 0 Å². The summed E-state index contributed by atoms with van der Waals surface area (Å²) in [6.45, 7) is 3.59. The summed E-state index contributed by atoms with van der Waals surface area (Å²) in [5.74, 6) is -0.142. The molecule has 1 aliphatic heterocycles. The Morgan fingerprint density at radius 1 is 1.48 bits per heavy atom. The summed E-state index contributed by atoms with van der Waals surface area (Å²) in [6, 6.07) is 5.64. The molecule has 3 heterocycles. The minimum Gasteiger partial charge on any atom is -0.379 e. The maximum Gasteiger partial charge on any atom is 0.271 e. The van der Waals surface area contributed by atoms with E-state index < -0.39 is 0 Å². The molecule has 0 spiro atoms. The zero-order chi connectivity index (χ0) is 17.5. The van der Waals surface area contributed by atoms with Crippen LogP contribution < -0.4 is 5.32 Å². The van der Waals surface area contributed by atoms with Gasteiger partial charge < -0.3 is 14.8 Å². The number of nitrogens with zero attached hydrogens (tertiary/aromatic N) is 2. The van der Waals surface area contributed by atoms with Gasteiger partial charge in [-0.15, -0.1) is 11.3 Å². The summed E-state index contributed by atoms with van der Waals surface area (Å²) in [6.07, 6.45) is 4.22. The maximum atomic E-state index is 12.5. The van der Waals surface area contributed by atoms with Crippen LogP contribution in [-0.2, 0) is 22.5 Å². The van der Waals surface area contributed by atoms with Gasteiger partial charge in [-0.3, -0.25) is 9.78 Å². The minimum absolute atomic E-state index is 0.0821. The molecule has 1 fully saturated rings. The number of rotatable bonds is 7. The molecule has 1 aliphatic rings. The monoisotopic (exact) mass is 361 g/mol. The fraction of sp³-hybridized carbons (Fsp3) is 0.500. The van der Waals surface area contributed by atoms with Crippen LogP contribution >= 0.6 is 11.3 Å². The molecule has 25 heavy (non-hydrogen) atoms. The summed E-state index contributed by atoms with van der Waals surface area (Å²) in [5.41, 5.74) is 1.35. The maximum absolute atomic E-state index is 12.5. The smallest absolute Gasteiger partial charge is 0.271 e. The number of ether oxygens (including phenoxy) is 2. The Morgan fingerprint density at radius 2 is 2.40 bits per heavy atom. The number of pyridine rings is 1. The molecule has 2 aromatic heterocycles. The summed E-state index contributed by atoms with van der Waals surface area (Å²) in [7, 11) is 0. The Labute approximate surface area is 151 Å². The number of thiazole rings is 1. The van der Waals surface area contributed by atoms with Crippen LogP contribution in [-0.4, -0.2) is 41.2 Å². The molecular formula is C18H23N3O3S. The van der Waals surface area contributed by atoms with Gasteiger partial charge in [0, 0.05) is 18.2 Å². The Morgan fingerprint density at radius 3 is 3.20 bits per heavy atom. The summed E-state index contributed by atoms with van der Waals surface area (Å²) in [5, 5.41) is 5.88. The normalized spacial score (nSPS) is 20.4. The van der Waals surface area contributed by atoms with Gasteiger partial charge in [0.25, 0.3) is 5.91 Å². The van der Waals surface area contributed by atoms with E-state index >= 15 is 0 Å². The Kier molecular flexibility index (Phi) is 6.49. The Bertz CT molecular complexity index is 677. The van der Waals surface area contributed by atoms with E-state index in [4.69, 9.17) is 9.47 Å². The first-order chi connectivity index (χ1) is 12.3. The van der Waals surface area contributed by atoms with Crippen molar-refractivity contribution in [3.05, 3.63) is 46.2 Å². The molecule has 1 N–H and O–H groups in total. The van der Waals surface area contributed by atoms with Crippen LogP contribution in [0.15, 0.2) is 29.8 Å². The van der Waals surface area contributed by atoms with Gasteiger partial charge in [-0.05, 0) is 31.4 Å². The lowest BCUT2D eigenvalue weighted by molar-refractivity contribution is -0.0743. The van der Waals surface area contributed by atoms with Crippen molar-refractivity contribution in [2.75, 3.05) is 13.2 Å². The van der Waals surface area contributed by atoms with Crippen molar-refractivity contribution in [2.45, 2.75) is 44.9 Å². The summed E-state index contributed by atoms with van der Waals surface area (Å²) in [4.78, 5) is 21.1. The van der Waals surface area contributed by atoms with Crippen molar-refractivity contribution in [3.63, 3.8) is 0 Å². The molecule has 7 heteroatoms. The van der Waals surface area contributed by atoms with Crippen LogP contribution in [0.25, 0.3) is 0 Å². The molecule has 0 aliphatic carbocycles. The van der Waals surface area contributed by atoms with Gasteiger partial charge in [-0.1, -0.05) is 13.0 Å². The third kappa shape index (κ3) is 5.07. The van der Waals surface area contributed by atoms with Gasteiger partial charge in [0.1, 0.15) is 11.8 Å². The minimum atomic E-state index is -0.187. The molecule has 0 bridgehead atoms. The predicted molar refractivity (Wildman–Crippen MR) is 95.6 cm³/mol. The third-order valence-electron chi connectivity index (χ3n) is 4.04. The van der Waals surface area contributed by atoms with E-state index in [1.165, 1.54) is 11.3 Å². The van der Waals surface area contributed by atoms with E-state index in [1.807, 2.05) is 23.6 Å². The van der Waals surface area contributed by atoms with Crippen molar-refractivity contribution < 1.29 is 14.3 Å². The SMILES string of the molecule is CCCc1nc(C(=O)N[C@@H]2CCOC[C@H]2OCc2ccccn2)cs1. The van der Waals surface area contributed by atoms with Gasteiger partial charge in [-0.25, -0.2) is 4.98 Å². The van der Waals surface area contributed by atoms with Gasteiger partial charge in [0.15, 0.2) is 0 Å². The van der Waals surface area contributed by atoms with E-state index in [-0.39, 0.29) is 18.1 Å². The molecule has 0 saturated carbocycles. The molecule has 1 saturated heterocycles. The molecule has 134 valence electrons. The van der Waals surface area contributed by atoms with Crippen molar-refractivity contribution in [1.29, 1.82) is 0 Å². The largest absolute Gasteiger partial charge is 0.379 e. The van der Waals surface area contributed by atoms with E-state index in [9.17, 15) is 4.79 Å². The molecule has 6 nitrogen and oxygen atoms in total. The number of hydrogen-bond acceptors (Lipinski definition) is 6. The van der Waals surface area contributed by atoms with Crippen molar-refractivity contribution in [1.82, 2.24) is 15.3 Å². The third-order valence-corrected chi connectivity index (χ3v) is 4.95. The highest BCUT2D eigenvalue weighted by atomic mass is 32.1. The first kappa shape index (κ1) is 18.0. The van der Waals surface area contributed by atoms with Crippen LogP contribution in [0.5, 0.6) is 0 Å². The Hall–Kier alpha value is -1.83. The highest BCUT2D eigenvalue weighted by Crippen LogP contribution is 2.16. The lowest BCUT2D eigenvalue weighted by Crippen LogP contribution is -2.50. The van der Waals surface area contributed by atoms with E-state index in [1.54, 1.807) is 6.20 Å². The number of aromatic nitrogens is 2. The van der Waals surface area contributed by atoms with Crippen molar-refractivity contribution in [3.8, 4) is 0 Å². The lowest BCUT2D eigenvalue weighted by atomic mass is 10.1. The first-order valence-electron chi connectivity index (χ1n) is 8.60. The molecule has 0 unspecified atom stereocenters. The first-order valence-corrected chi connectivity index (χ1v) is 9.48. The number of hydrogen-bond donors (Lipinski definition) is 1. The van der Waals surface area contributed by atoms with Crippen LogP contribution in [0.4, 0.5) is 0 Å². The number of nitrogens with one attached hydrogen (secondary N) is 1. The summed E-state index contributed by atoms with van der Waals surface area (Å²) >= 11 is 1.54. The van der Waals surface area contributed by atoms with Crippen LogP contribution in [0.3, 0.4) is 0 Å². The van der Waals surface area contributed by atoms with E-state index in [0.29, 0.717) is 25.5 Å². The summed E-state index contributed by atoms with van der Waals surface area (Å²) < 4.78 is 11.5. The van der Waals surface area contributed by atoms with Crippen molar-refractivity contribution in [2.24, 2.45) is 0 Å². The lowest BCUT2D eigenvalue weighted by Gasteiger charge is -2.31. The molecule has 2 atom stereocenters. The zero-order valence-electron chi connectivity index (χ0n) is 14.3. The second kappa shape index (κ2) is 9.03. The fourth-order valence-corrected chi connectivity index (χ4v) is 3.58. The van der Waals surface area contributed by atoms with Gasteiger partial charge >= 0.3 is 0 Å². The van der Waals surface area contributed by atoms with Crippen molar-refractivity contribution >= 4 is 17.2 Å². The van der Waals surface area contributed by atoms with Gasteiger partial charge in [0.2, 0.25) is 0 Å². The molecule has 0 aromatic carbocycles. The number of carbonyl (C=O) groups excluding carboxylic acids is 1. The van der Waals surface area contributed by atoms with Gasteiger partial charge in [-0.2, -0.15) is 0 Å². The van der Waals surface area contributed by atoms with Crippen LogP contribution in [0.1, 0.15) is 41.0 Å². The van der Waals surface area contributed by atoms with E-state index in [2.05, 4.69) is 22.2 Å². The van der Waals surface area contributed by atoms with E-state index in [0.717, 1.165) is 30.0 Å². The second-order valence-corrected chi connectivity index (χ2v) is 6.93. The average Bonchev–Trinajstić information content (AvgIpc) is 3.11.